The number of aromatic nitrogens is 1. The van der Waals surface area contributed by atoms with E-state index >= 15 is 0 Å². The summed E-state index contributed by atoms with van der Waals surface area (Å²) in [5.41, 5.74) is 2.20. The summed E-state index contributed by atoms with van der Waals surface area (Å²) >= 11 is 0. The summed E-state index contributed by atoms with van der Waals surface area (Å²) in [7, 11) is 4.08. The first kappa shape index (κ1) is 25.7. The van der Waals surface area contributed by atoms with E-state index in [0.29, 0.717) is 5.75 Å². The molecule has 0 spiro atoms. The molecule has 0 bridgehead atoms. The second kappa shape index (κ2) is 13.7. The van der Waals surface area contributed by atoms with Gasteiger partial charge in [-0.05, 0) is 38.2 Å². The van der Waals surface area contributed by atoms with Gasteiger partial charge in [-0.25, -0.2) is 0 Å². The van der Waals surface area contributed by atoms with E-state index in [1.165, 1.54) is 5.56 Å². The third-order valence-electron chi connectivity index (χ3n) is 3.01. The van der Waals surface area contributed by atoms with Gasteiger partial charge in [0.05, 0.1) is 0 Å². The molecule has 0 aliphatic heterocycles. The van der Waals surface area contributed by atoms with Gasteiger partial charge in [-0.3, -0.25) is 11.7 Å². The maximum absolute atomic E-state index is 10.7. The fraction of sp³-hybridized carbons (Fsp3) is 0.389. The zero-order chi connectivity index (χ0) is 17.2. The molecule has 0 unspecified atom stereocenters. The average Bonchev–Trinajstić information content (AvgIpc) is 2.89. The Bertz CT molecular complexity index is 615. The van der Waals surface area contributed by atoms with Crippen molar-refractivity contribution in [3.05, 3.63) is 49.5 Å². The summed E-state index contributed by atoms with van der Waals surface area (Å²) in [6.07, 6.45) is 4.91. The second-order valence-electron chi connectivity index (χ2n) is 5.40. The van der Waals surface area contributed by atoms with Gasteiger partial charge in [0.2, 0.25) is 6.79 Å². The first-order valence-corrected chi connectivity index (χ1v) is 7.58. The molecule has 2 rings (SSSR count). The van der Waals surface area contributed by atoms with E-state index in [2.05, 4.69) is 16.8 Å². The average molecular weight is 525 g/mol. The van der Waals surface area contributed by atoms with Crippen LogP contribution in [0.2, 0.25) is 0 Å². The zero-order valence-electron chi connectivity index (χ0n) is 15.3. The Morgan fingerprint density at radius 1 is 1.32 bits per heavy atom. The van der Waals surface area contributed by atoms with E-state index in [4.69, 9.17) is 9.47 Å². The molecular weight excluding hydrogens is 496 g/mol. The predicted octanol–water partition coefficient (Wildman–Crippen LogP) is 3.93. The van der Waals surface area contributed by atoms with Crippen molar-refractivity contribution < 1.29 is 34.1 Å². The number of H-pyrrole nitrogens is 1. The van der Waals surface area contributed by atoms with Crippen LogP contribution in [-0.4, -0.2) is 43.3 Å². The number of rotatable bonds is 6. The number of hydrogen-bond acceptors (Lipinski definition) is 4. The molecule has 0 aliphatic carbocycles. The number of esters is 1. The minimum atomic E-state index is -0.598. The van der Waals surface area contributed by atoms with Crippen molar-refractivity contribution in [2.24, 2.45) is 0 Å². The van der Waals surface area contributed by atoms with Crippen LogP contribution in [0.5, 0.6) is 5.75 Å². The molecule has 1 heterocycles. The number of carbonyl (C=O) groups excluding carboxylic acids is 1. The van der Waals surface area contributed by atoms with Crippen LogP contribution in [0.4, 0.5) is 0 Å². The number of carbonyl (C=O) groups is 1. The van der Waals surface area contributed by atoms with Gasteiger partial charge in [0, 0.05) is 43.4 Å². The van der Waals surface area contributed by atoms with Crippen LogP contribution in [0.3, 0.4) is 0 Å². The summed E-state index contributed by atoms with van der Waals surface area (Å²) in [5, 5.41) is 1.04. The summed E-state index contributed by atoms with van der Waals surface area (Å²) in [4.78, 5) is 16.0. The molecule has 0 saturated carbocycles. The van der Waals surface area contributed by atoms with Crippen molar-refractivity contribution in [3.8, 4) is 5.75 Å². The maximum Gasteiger partial charge on any atom is 0.231 e. The topological polar surface area (TPSA) is 88.1 Å². The number of aromatic amines is 1. The minimum Gasteiger partial charge on any atom is -0.693 e. The van der Waals surface area contributed by atoms with Gasteiger partial charge in [-0.15, -0.1) is 0 Å². The van der Waals surface area contributed by atoms with Gasteiger partial charge in [-0.1, -0.05) is 6.07 Å². The van der Waals surface area contributed by atoms with E-state index < -0.39 is 5.97 Å². The van der Waals surface area contributed by atoms with E-state index in [0.717, 1.165) is 23.9 Å². The molecule has 7 heteroatoms. The first-order valence-electron chi connectivity index (χ1n) is 7.58. The first-order chi connectivity index (χ1) is 11.0. The second-order valence-corrected chi connectivity index (χ2v) is 5.40. The molecule has 1 aromatic heterocycles. The smallest absolute Gasteiger partial charge is 0.231 e. The quantitative estimate of drug-likeness (QED) is 0.352. The Kier molecular flexibility index (Phi) is 14.1. The van der Waals surface area contributed by atoms with Crippen molar-refractivity contribution in [2.45, 2.75) is 20.3 Å². The molecule has 2 aromatic rings. The van der Waals surface area contributed by atoms with Gasteiger partial charge in [0.25, 0.3) is 0 Å². The molecule has 0 saturated heterocycles. The molecule has 1 aromatic carbocycles. The molecule has 0 fully saturated rings. The van der Waals surface area contributed by atoms with Gasteiger partial charge in [0.15, 0.2) is 5.97 Å². The van der Waals surface area contributed by atoms with E-state index in [1.54, 1.807) is 0 Å². The predicted molar refractivity (Wildman–Crippen MR) is 98.4 cm³/mol. The van der Waals surface area contributed by atoms with Crippen molar-refractivity contribution in [3.63, 3.8) is 0 Å². The van der Waals surface area contributed by atoms with E-state index in [1.807, 2.05) is 58.8 Å². The van der Waals surface area contributed by atoms with Gasteiger partial charge in [-0.2, -0.15) is 13.8 Å². The van der Waals surface area contributed by atoms with Crippen molar-refractivity contribution in [1.82, 2.24) is 9.88 Å². The molecule has 0 atom stereocenters. The van der Waals surface area contributed by atoms with Crippen LogP contribution in [0.25, 0.3) is 17.1 Å². The maximum atomic E-state index is 10.7. The number of nitrogens with zero attached hydrogens (tertiary/aromatic N) is 1. The third kappa shape index (κ3) is 8.92. The Labute approximate surface area is 163 Å². The van der Waals surface area contributed by atoms with Gasteiger partial charge >= 0.3 is 0 Å². The molecule has 0 radical (unpaired) electrons. The number of hydrogen-bond donors (Lipinski definition) is 1. The van der Waals surface area contributed by atoms with Gasteiger partial charge in [0.1, 0.15) is 5.75 Å². The molecule has 0 aliphatic rings. The van der Waals surface area contributed by atoms with Gasteiger partial charge < -0.3 is 31.9 Å². The Balaban J connectivity index is 0. The summed E-state index contributed by atoms with van der Waals surface area (Å²) < 4.78 is 10.2. The third-order valence-corrected chi connectivity index (χ3v) is 3.01. The number of fused-ring (bicyclic) bond motifs is 1. The minimum absolute atomic E-state index is 0. The fourth-order valence-corrected chi connectivity index (χ4v) is 2.04. The monoisotopic (exact) mass is 526 g/mol. The van der Waals surface area contributed by atoms with Crippen molar-refractivity contribution in [2.75, 3.05) is 27.4 Å². The van der Waals surface area contributed by atoms with Crippen LogP contribution >= 0.6 is 0 Å². The molecule has 25 heavy (non-hydrogen) atoms. The summed E-state index contributed by atoms with van der Waals surface area (Å²) in [6.45, 7) is 7.96. The Morgan fingerprint density at radius 2 is 1.96 bits per heavy atom. The molecule has 0 amide bonds. The van der Waals surface area contributed by atoms with Crippen LogP contribution in [0.1, 0.15) is 19.4 Å². The van der Waals surface area contributed by atoms with Crippen LogP contribution in [-0.2, 0) is 35.7 Å². The van der Waals surface area contributed by atoms with Crippen LogP contribution < -0.4 is 4.74 Å². The number of ether oxygens (including phenoxy) is 2. The largest absolute Gasteiger partial charge is 0.693 e. The normalized spacial score (nSPS) is 9.48. The van der Waals surface area contributed by atoms with Crippen LogP contribution in [0.15, 0.2) is 24.4 Å². The standard InChI is InChI=1S/C15H19N2O3.C3H7.H2N.Os/c1-11(18)19-10-20-14-6-4-5-13-15(14)12(9-16-13)7-8-17(2)3;1-3-2;;/h4-6,9,16H,1,7-8,10H2,2-3H3;3H,1-2H3;1H2;/q3*-1;. The van der Waals surface area contributed by atoms with E-state index in [-0.39, 0.29) is 32.7 Å². The Hall–Kier alpha value is -1.54. The van der Waals surface area contributed by atoms with Crippen molar-refractivity contribution >= 4 is 16.9 Å². The zero-order valence-corrected chi connectivity index (χ0v) is 17.9. The molecule has 6 nitrogen and oxygen atoms in total. The van der Waals surface area contributed by atoms with Crippen molar-refractivity contribution in [1.29, 1.82) is 0 Å². The number of nitrogens with one attached hydrogen (secondary N) is 1. The number of likely N-dealkylation sites (N-methyl/N-ethyl adjacent to an activating group) is 1. The molecule has 144 valence electrons. The number of benzene rings is 1. The SMILES string of the molecule is C[CH-]C.[CH2-]C(=O)OCOc1cccc2[nH]cc(CCN(C)C)c12.[NH2-].[Os]. The Morgan fingerprint density at radius 3 is 2.52 bits per heavy atom. The van der Waals surface area contributed by atoms with E-state index in [9.17, 15) is 4.79 Å². The van der Waals surface area contributed by atoms with Crippen LogP contribution in [0, 0.1) is 13.3 Å². The molecule has 3 N–H and O–H groups in total. The molecular formula is C18H28N3O3Os-3. The fourth-order valence-electron chi connectivity index (χ4n) is 2.04. The number of nitrogens with two attached hydrogens (primary N) is 1. The summed E-state index contributed by atoms with van der Waals surface area (Å²) in [6, 6.07) is 5.76. The summed E-state index contributed by atoms with van der Waals surface area (Å²) in [5.74, 6) is 0.109.